The molecule has 1 amide bonds. The monoisotopic (exact) mass is 517 g/mol. The molecule has 0 saturated carbocycles. The molecule has 7 nitrogen and oxygen atoms in total. The lowest BCUT2D eigenvalue weighted by Crippen LogP contribution is -2.39. The van der Waals surface area contributed by atoms with E-state index < -0.39 is 36.8 Å². The number of hydrogen-bond acceptors (Lipinski definition) is 5. The van der Waals surface area contributed by atoms with Crippen LogP contribution in [0.3, 0.4) is 0 Å². The van der Waals surface area contributed by atoms with E-state index >= 15 is 0 Å². The zero-order valence-electron chi connectivity index (χ0n) is 21.6. The van der Waals surface area contributed by atoms with E-state index in [1.807, 2.05) is 6.92 Å². The highest BCUT2D eigenvalue weighted by atomic mass is 19.4. The van der Waals surface area contributed by atoms with Gasteiger partial charge in [-0.3, -0.25) is 9.30 Å². The fraction of sp³-hybridized carbons (Fsp3) is 0.370. The van der Waals surface area contributed by atoms with E-state index in [0.29, 0.717) is 22.4 Å². The Morgan fingerprint density at radius 3 is 2.43 bits per heavy atom. The summed E-state index contributed by atoms with van der Waals surface area (Å²) in [5, 5.41) is 0. The van der Waals surface area contributed by atoms with Crippen molar-refractivity contribution < 1.29 is 32.2 Å². The highest BCUT2D eigenvalue weighted by molar-refractivity contribution is 5.94. The van der Waals surface area contributed by atoms with Gasteiger partial charge >= 0.3 is 18.2 Å². The van der Waals surface area contributed by atoms with Gasteiger partial charge in [0, 0.05) is 18.3 Å². The molecule has 0 aliphatic rings. The molecular formula is C27H30F3N3O4. The lowest BCUT2D eigenvalue weighted by atomic mass is 10.0. The lowest BCUT2D eigenvalue weighted by Gasteiger charge is -2.28. The van der Waals surface area contributed by atoms with E-state index in [-0.39, 0.29) is 11.3 Å². The minimum absolute atomic E-state index is 0.184. The number of amides is 1. The SMILES string of the molecule is CC=Cc1cc(N(CCC(F)(F)F)C(=O)OC(C)(C)C)c2ncc(-c3ccc(C(=O)OC)c(C)c3)n2c1. The molecule has 10 heteroatoms. The summed E-state index contributed by atoms with van der Waals surface area (Å²) in [6.45, 7) is 7.88. The zero-order chi connectivity index (χ0) is 27.5. The number of rotatable bonds is 6. The van der Waals surface area contributed by atoms with Crippen LogP contribution in [0, 0.1) is 6.92 Å². The van der Waals surface area contributed by atoms with Gasteiger partial charge in [0.25, 0.3) is 0 Å². The Morgan fingerprint density at radius 1 is 1.16 bits per heavy atom. The predicted molar refractivity (Wildman–Crippen MR) is 136 cm³/mol. The maximum Gasteiger partial charge on any atom is 0.414 e. The summed E-state index contributed by atoms with van der Waals surface area (Å²) in [6.07, 6.45) is 0.313. The van der Waals surface area contributed by atoms with E-state index in [2.05, 4.69) is 4.98 Å². The predicted octanol–water partition coefficient (Wildman–Crippen LogP) is 6.82. The summed E-state index contributed by atoms with van der Waals surface area (Å²) in [7, 11) is 1.31. The number of halogens is 3. The van der Waals surface area contributed by atoms with E-state index in [4.69, 9.17) is 9.47 Å². The minimum Gasteiger partial charge on any atom is -0.465 e. The minimum atomic E-state index is -4.48. The van der Waals surface area contributed by atoms with Gasteiger partial charge in [0.05, 0.1) is 36.7 Å². The van der Waals surface area contributed by atoms with Gasteiger partial charge in [-0.15, -0.1) is 0 Å². The quantitative estimate of drug-likeness (QED) is 0.335. The molecule has 0 aliphatic carbocycles. The number of hydrogen-bond donors (Lipinski definition) is 0. The lowest BCUT2D eigenvalue weighted by molar-refractivity contribution is -0.132. The van der Waals surface area contributed by atoms with Crippen molar-refractivity contribution in [3.05, 3.63) is 59.4 Å². The smallest absolute Gasteiger partial charge is 0.414 e. The summed E-state index contributed by atoms with van der Waals surface area (Å²) in [6, 6.07) is 6.79. The van der Waals surface area contributed by atoms with Gasteiger partial charge in [0.2, 0.25) is 0 Å². The van der Waals surface area contributed by atoms with Gasteiger partial charge in [-0.05, 0) is 63.9 Å². The molecular weight excluding hydrogens is 487 g/mol. The molecule has 3 aromatic rings. The van der Waals surface area contributed by atoms with Crippen LogP contribution in [-0.2, 0) is 9.47 Å². The summed E-state index contributed by atoms with van der Waals surface area (Å²) in [4.78, 5) is 30.5. The number of fused-ring (bicyclic) bond motifs is 1. The van der Waals surface area contributed by atoms with Crippen LogP contribution in [-0.4, -0.2) is 46.9 Å². The van der Waals surface area contributed by atoms with Crippen LogP contribution in [0.4, 0.5) is 23.7 Å². The van der Waals surface area contributed by atoms with Crippen LogP contribution in [0.1, 0.15) is 55.6 Å². The number of ether oxygens (including phenoxy) is 2. The number of carbonyl (C=O) groups excluding carboxylic acids is 2. The average molecular weight is 518 g/mol. The first-order chi connectivity index (χ1) is 17.2. The number of anilines is 1. The largest absolute Gasteiger partial charge is 0.465 e. The molecule has 37 heavy (non-hydrogen) atoms. The number of benzene rings is 1. The third-order valence-electron chi connectivity index (χ3n) is 5.42. The fourth-order valence-corrected chi connectivity index (χ4v) is 3.81. The van der Waals surface area contributed by atoms with Crippen molar-refractivity contribution in [2.75, 3.05) is 18.6 Å². The summed E-state index contributed by atoms with van der Waals surface area (Å²) < 4.78 is 51.5. The first-order valence-electron chi connectivity index (χ1n) is 11.6. The van der Waals surface area contributed by atoms with Crippen LogP contribution in [0.2, 0.25) is 0 Å². The Hall–Kier alpha value is -3.82. The van der Waals surface area contributed by atoms with E-state index in [9.17, 15) is 22.8 Å². The Bertz CT molecular complexity index is 1340. The molecule has 0 aliphatic heterocycles. The molecule has 0 unspecified atom stereocenters. The zero-order valence-corrected chi connectivity index (χ0v) is 21.6. The number of alkyl halides is 3. The van der Waals surface area contributed by atoms with Crippen LogP contribution in [0.15, 0.2) is 42.7 Å². The van der Waals surface area contributed by atoms with Crippen molar-refractivity contribution in [2.45, 2.75) is 52.8 Å². The number of esters is 1. The molecule has 0 atom stereocenters. The van der Waals surface area contributed by atoms with Crippen LogP contribution >= 0.6 is 0 Å². The van der Waals surface area contributed by atoms with Crippen molar-refractivity contribution >= 4 is 29.5 Å². The Labute approximate surface area is 213 Å². The highest BCUT2D eigenvalue weighted by Gasteiger charge is 2.32. The summed E-state index contributed by atoms with van der Waals surface area (Å²) >= 11 is 0. The molecule has 0 fully saturated rings. The van der Waals surface area contributed by atoms with Crippen molar-refractivity contribution in [3.63, 3.8) is 0 Å². The summed E-state index contributed by atoms with van der Waals surface area (Å²) in [5.41, 5.74) is 2.65. The van der Waals surface area contributed by atoms with Gasteiger partial charge in [0.15, 0.2) is 5.65 Å². The number of pyridine rings is 1. The number of aromatic nitrogens is 2. The van der Waals surface area contributed by atoms with Crippen LogP contribution in [0.5, 0.6) is 0 Å². The molecule has 0 saturated heterocycles. The van der Waals surface area contributed by atoms with Gasteiger partial charge in [-0.2, -0.15) is 13.2 Å². The first kappa shape index (κ1) is 27.8. The number of imidazole rings is 1. The second-order valence-electron chi connectivity index (χ2n) is 9.51. The molecule has 2 aromatic heterocycles. The van der Waals surface area contributed by atoms with Crippen molar-refractivity contribution in [2.24, 2.45) is 0 Å². The van der Waals surface area contributed by atoms with E-state index in [1.165, 1.54) is 7.11 Å². The standard InChI is InChI=1S/C27H30F3N3O4/c1-7-8-18-14-21(32(12-11-27(28,29)30)25(35)37-26(3,4)5)23-31-15-22(33(23)16-18)19-9-10-20(17(2)13-19)24(34)36-6/h7-10,13-16H,11-12H2,1-6H3. The maximum atomic E-state index is 13.2. The van der Waals surface area contributed by atoms with Gasteiger partial charge in [0.1, 0.15) is 5.60 Å². The van der Waals surface area contributed by atoms with Gasteiger partial charge in [-0.1, -0.05) is 18.2 Å². The highest BCUT2D eigenvalue weighted by Crippen LogP contribution is 2.32. The second-order valence-corrected chi connectivity index (χ2v) is 9.51. The van der Waals surface area contributed by atoms with Crippen LogP contribution < -0.4 is 4.90 Å². The normalized spacial score (nSPS) is 12.2. The van der Waals surface area contributed by atoms with E-state index in [1.54, 1.807) is 80.9 Å². The third-order valence-corrected chi connectivity index (χ3v) is 5.42. The van der Waals surface area contributed by atoms with Gasteiger partial charge < -0.3 is 9.47 Å². The molecule has 0 spiro atoms. The maximum absolute atomic E-state index is 13.2. The molecule has 0 bridgehead atoms. The number of carbonyl (C=O) groups is 2. The van der Waals surface area contributed by atoms with Crippen molar-refractivity contribution in [1.29, 1.82) is 0 Å². The number of allylic oxidation sites excluding steroid dienone is 1. The molecule has 1 aromatic carbocycles. The average Bonchev–Trinajstić information content (AvgIpc) is 3.21. The molecule has 2 heterocycles. The van der Waals surface area contributed by atoms with E-state index in [0.717, 1.165) is 10.5 Å². The number of methoxy groups -OCH3 is 1. The molecule has 198 valence electrons. The van der Waals surface area contributed by atoms with Gasteiger partial charge in [-0.25, -0.2) is 14.6 Å². The Morgan fingerprint density at radius 2 is 1.86 bits per heavy atom. The number of aryl methyl sites for hydroxylation is 1. The summed E-state index contributed by atoms with van der Waals surface area (Å²) in [5.74, 6) is -0.461. The Kier molecular flexibility index (Phi) is 8.00. The molecule has 3 rings (SSSR count). The van der Waals surface area contributed by atoms with Crippen molar-refractivity contribution in [1.82, 2.24) is 9.38 Å². The van der Waals surface area contributed by atoms with Crippen LogP contribution in [0.25, 0.3) is 23.0 Å². The van der Waals surface area contributed by atoms with Crippen molar-refractivity contribution in [3.8, 4) is 11.3 Å². The number of nitrogens with zero attached hydrogens (tertiary/aromatic N) is 3. The fourth-order valence-electron chi connectivity index (χ4n) is 3.81. The topological polar surface area (TPSA) is 73.1 Å². The Balaban J connectivity index is 2.20. The molecule has 0 N–H and O–H groups in total. The second kappa shape index (κ2) is 10.7. The first-order valence-corrected chi connectivity index (χ1v) is 11.6. The third kappa shape index (κ3) is 6.69. The molecule has 0 radical (unpaired) electrons.